The predicted molar refractivity (Wildman–Crippen MR) is 121 cm³/mol. The smallest absolute Gasteiger partial charge is 0.328 e. The topological polar surface area (TPSA) is 108 Å². The van der Waals surface area contributed by atoms with Crippen molar-refractivity contribution < 1.29 is 24.2 Å². The molecule has 1 saturated heterocycles. The number of carboxylic acid groups (broad SMARTS) is 1. The Morgan fingerprint density at radius 1 is 1.17 bits per heavy atom. The Kier molecular flexibility index (Phi) is 19.4. The molecule has 3 N–H and O–H groups in total. The Morgan fingerprint density at radius 3 is 2.20 bits per heavy atom. The lowest BCUT2D eigenvalue weighted by Crippen LogP contribution is -2.49. The molecule has 1 aliphatic heterocycles. The number of imide groups is 1. The van der Waals surface area contributed by atoms with E-state index in [1.54, 1.807) is 4.90 Å². The second-order valence-electron chi connectivity index (χ2n) is 5.99. The molecule has 1 heterocycles. The molecule has 0 aliphatic carbocycles. The van der Waals surface area contributed by atoms with Crippen LogP contribution < -0.4 is 20.3 Å². The van der Waals surface area contributed by atoms with Crippen LogP contribution in [0.3, 0.4) is 0 Å². The SMILES string of the molecule is CC.CCCNCCC.CCOc1ccc(C)c(N2CCC(=O)NC2=O)c1.O=CO. The number of rotatable bonds is 7. The number of ether oxygens (including phenoxy) is 1. The summed E-state index contributed by atoms with van der Waals surface area (Å²) in [5, 5.41) is 12.5. The first-order valence-electron chi connectivity index (χ1n) is 10.6. The van der Waals surface area contributed by atoms with Crippen molar-refractivity contribution in [3.8, 4) is 5.75 Å². The fraction of sp³-hybridized carbons (Fsp3) is 0.591. The Hall–Kier alpha value is -2.61. The van der Waals surface area contributed by atoms with Crippen LogP contribution in [0.1, 0.15) is 59.4 Å². The van der Waals surface area contributed by atoms with Crippen LogP contribution in [0.2, 0.25) is 0 Å². The summed E-state index contributed by atoms with van der Waals surface area (Å²) in [6.07, 6.45) is 2.82. The highest BCUT2D eigenvalue weighted by Gasteiger charge is 2.25. The van der Waals surface area contributed by atoms with E-state index in [-0.39, 0.29) is 18.4 Å². The van der Waals surface area contributed by atoms with Crippen molar-refractivity contribution in [2.75, 3.05) is 31.1 Å². The number of anilines is 1. The average molecular weight is 426 g/mol. The monoisotopic (exact) mass is 425 g/mol. The van der Waals surface area contributed by atoms with Crippen molar-refractivity contribution >= 4 is 24.1 Å². The number of benzene rings is 1. The van der Waals surface area contributed by atoms with E-state index in [2.05, 4.69) is 24.5 Å². The average Bonchev–Trinajstić information content (AvgIpc) is 2.73. The second-order valence-corrected chi connectivity index (χ2v) is 5.99. The fourth-order valence-electron chi connectivity index (χ4n) is 2.41. The van der Waals surface area contributed by atoms with Gasteiger partial charge in [0.15, 0.2) is 0 Å². The summed E-state index contributed by atoms with van der Waals surface area (Å²) >= 11 is 0. The zero-order valence-corrected chi connectivity index (χ0v) is 19.3. The van der Waals surface area contributed by atoms with Crippen LogP contribution >= 0.6 is 0 Å². The molecule has 8 nitrogen and oxygen atoms in total. The van der Waals surface area contributed by atoms with Crippen LogP contribution in [0, 0.1) is 6.92 Å². The van der Waals surface area contributed by atoms with Gasteiger partial charge in [0.1, 0.15) is 5.75 Å². The van der Waals surface area contributed by atoms with E-state index < -0.39 is 0 Å². The minimum atomic E-state index is -0.372. The zero-order valence-electron chi connectivity index (χ0n) is 19.3. The van der Waals surface area contributed by atoms with Crippen molar-refractivity contribution in [2.24, 2.45) is 0 Å². The number of hydrogen-bond acceptors (Lipinski definition) is 5. The number of carbonyl (C=O) groups is 3. The molecule has 0 radical (unpaired) electrons. The van der Waals surface area contributed by atoms with Crippen LogP contribution in [0.5, 0.6) is 5.75 Å². The summed E-state index contributed by atoms with van der Waals surface area (Å²) in [4.78, 5) is 32.8. The Balaban J connectivity index is 0. The zero-order chi connectivity index (χ0) is 23.4. The van der Waals surface area contributed by atoms with Gasteiger partial charge in [-0.15, -0.1) is 0 Å². The van der Waals surface area contributed by atoms with Gasteiger partial charge in [0, 0.05) is 19.0 Å². The Morgan fingerprint density at radius 2 is 1.73 bits per heavy atom. The van der Waals surface area contributed by atoms with E-state index in [4.69, 9.17) is 14.6 Å². The third kappa shape index (κ3) is 12.8. The molecule has 8 heteroatoms. The van der Waals surface area contributed by atoms with Crippen molar-refractivity contribution in [1.82, 2.24) is 10.6 Å². The van der Waals surface area contributed by atoms with E-state index in [0.29, 0.717) is 19.6 Å². The number of nitrogens with zero attached hydrogens (tertiary/aromatic N) is 1. The van der Waals surface area contributed by atoms with Crippen LogP contribution in [0.25, 0.3) is 0 Å². The predicted octanol–water partition coefficient (Wildman–Crippen LogP) is 3.96. The van der Waals surface area contributed by atoms with Crippen LogP contribution in [-0.4, -0.2) is 49.8 Å². The van der Waals surface area contributed by atoms with Crippen molar-refractivity contribution in [3.05, 3.63) is 23.8 Å². The summed E-state index contributed by atoms with van der Waals surface area (Å²) in [5.74, 6) is 0.498. The highest BCUT2D eigenvalue weighted by Crippen LogP contribution is 2.27. The molecule has 0 spiro atoms. The summed E-state index contributed by atoms with van der Waals surface area (Å²) in [7, 11) is 0. The van der Waals surface area contributed by atoms with Gasteiger partial charge in [-0.3, -0.25) is 19.8 Å². The number of hydrogen-bond donors (Lipinski definition) is 3. The molecular weight excluding hydrogens is 386 g/mol. The first-order chi connectivity index (χ1) is 14.4. The summed E-state index contributed by atoms with van der Waals surface area (Å²) in [5.41, 5.74) is 1.76. The van der Waals surface area contributed by atoms with Gasteiger partial charge in [0.2, 0.25) is 5.91 Å². The van der Waals surface area contributed by atoms with Crippen LogP contribution in [0.15, 0.2) is 18.2 Å². The molecule has 1 aliphatic rings. The largest absolute Gasteiger partial charge is 0.494 e. The van der Waals surface area contributed by atoms with Gasteiger partial charge < -0.3 is 15.2 Å². The van der Waals surface area contributed by atoms with Crippen molar-refractivity contribution in [2.45, 2.75) is 60.8 Å². The lowest BCUT2D eigenvalue weighted by molar-refractivity contribution is -0.123. The number of carbonyl (C=O) groups excluding carboxylic acids is 2. The normalized spacial score (nSPS) is 12.1. The van der Waals surface area contributed by atoms with Gasteiger partial charge in [-0.2, -0.15) is 0 Å². The molecule has 1 aromatic rings. The lowest BCUT2D eigenvalue weighted by atomic mass is 10.1. The maximum atomic E-state index is 11.8. The van der Waals surface area contributed by atoms with Gasteiger partial charge >= 0.3 is 6.03 Å². The molecule has 0 atom stereocenters. The Bertz CT molecular complexity index is 604. The van der Waals surface area contributed by atoms with Crippen LogP contribution in [-0.2, 0) is 9.59 Å². The Labute approximate surface area is 181 Å². The van der Waals surface area contributed by atoms with Crippen molar-refractivity contribution in [3.63, 3.8) is 0 Å². The van der Waals surface area contributed by atoms with E-state index in [1.807, 2.05) is 45.9 Å². The number of aryl methyl sites for hydroxylation is 1. The van der Waals surface area contributed by atoms with E-state index in [9.17, 15) is 9.59 Å². The molecule has 0 saturated carbocycles. The molecule has 0 bridgehead atoms. The highest BCUT2D eigenvalue weighted by atomic mass is 16.5. The standard InChI is InChI=1S/C13H16N2O3.C6H15N.C2H6.CH2O2/c1-3-18-10-5-4-9(2)11(8-10)15-7-6-12(16)14-13(15)17;1-3-5-7-6-4-2;1-2;2-1-3/h4-5,8H,3,6-7H2,1-2H3,(H,14,16,17);7H,3-6H2,1-2H3;1-2H3;1H,(H,2,3). The van der Waals surface area contributed by atoms with Gasteiger partial charge in [-0.25, -0.2) is 4.79 Å². The molecular formula is C22H39N3O5. The van der Waals surface area contributed by atoms with Gasteiger partial charge in [-0.05, 0) is 51.4 Å². The lowest BCUT2D eigenvalue weighted by Gasteiger charge is -2.28. The molecule has 0 aromatic heterocycles. The number of urea groups is 1. The van der Waals surface area contributed by atoms with Crippen LogP contribution in [0.4, 0.5) is 10.5 Å². The number of nitrogens with one attached hydrogen (secondary N) is 2. The van der Waals surface area contributed by atoms with E-state index >= 15 is 0 Å². The summed E-state index contributed by atoms with van der Waals surface area (Å²) in [6.45, 7) is 15.3. The fourth-order valence-corrected chi connectivity index (χ4v) is 2.41. The third-order valence-corrected chi connectivity index (χ3v) is 3.69. The van der Waals surface area contributed by atoms with Gasteiger partial charge in [-0.1, -0.05) is 33.8 Å². The third-order valence-electron chi connectivity index (χ3n) is 3.69. The second kappa shape index (κ2) is 19.7. The molecule has 30 heavy (non-hydrogen) atoms. The molecule has 3 amide bonds. The molecule has 2 rings (SSSR count). The van der Waals surface area contributed by atoms with E-state index in [1.165, 1.54) is 25.9 Å². The minimum absolute atomic E-state index is 0.227. The van der Waals surface area contributed by atoms with Gasteiger partial charge in [0.25, 0.3) is 6.47 Å². The molecule has 1 fully saturated rings. The first-order valence-corrected chi connectivity index (χ1v) is 10.6. The maximum absolute atomic E-state index is 11.8. The molecule has 172 valence electrons. The number of amides is 3. The highest BCUT2D eigenvalue weighted by molar-refractivity contribution is 6.05. The molecule has 1 aromatic carbocycles. The van der Waals surface area contributed by atoms with Crippen molar-refractivity contribution in [1.29, 1.82) is 0 Å². The summed E-state index contributed by atoms with van der Waals surface area (Å²) in [6, 6.07) is 5.23. The minimum Gasteiger partial charge on any atom is -0.494 e. The maximum Gasteiger partial charge on any atom is 0.328 e. The quantitative estimate of drug-likeness (QED) is 0.451. The first kappa shape index (κ1) is 29.6. The molecule has 0 unspecified atom stereocenters. The summed E-state index contributed by atoms with van der Waals surface area (Å²) < 4.78 is 5.42. The van der Waals surface area contributed by atoms with Gasteiger partial charge in [0.05, 0.1) is 12.3 Å². The van der Waals surface area contributed by atoms with E-state index in [0.717, 1.165) is 17.0 Å².